The van der Waals surface area contributed by atoms with Crippen LogP contribution in [0.1, 0.15) is 30.4 Å². The number of aryl methyl sites for hydroxylation is 1. The van der Waals surface area contributed by atoms with Crippen LogP contribution < -0.4 is 15.4 Å². The molecule has 1 unspecified atom stereocenters. The van der Waals surface area contributed by atoms with E-state index in [0.717, 1.165) is 31.6 Å². The Hall–Kier alpha value is -2.04. The van der Waals surface area contributed by atoms with Crippen molar-refractivity contribution in [2.75, 3.05) is 13.2 Å². The Bertz CT molecular complexity index is 556. The van der Waals surface area contributed by atoms with E-state index in [1.807, 2.05) is 12.1 Å². The molecule has 2 heterocycles. The lowest BCUT2D eigenvalue weighted by atomic mass is 10.0. The van der Waals surface area contributed by atoms with Crippen LogP contribution in [0.2, 0.25) is 0 Å². The topological polar surface area (TPSA) is 67.4 Å². The highest BCUT2D eigenvalue weighted by molar-refractivity contribution is 5.90. The second kappa shape index (κ2) is 6.16. The van der Waals surface area contributed by atoms with Gasteiger partial charge in [0.25, 0.3) is 0 Å². The fourth-order valence-electron chi connectivity index (χ4n) is 2.83. The minimum atomic E-state index is -0.352. The van der Waals surface area contributed by atoms with Gasteiger partial charge >= 0.3 is 0 Å². The minimum Gasteiger partial charge on any atom is -0.493 e. The summed E-state index contributed by atoms with van der Waals surface area (Å²) in [6.07, 6.45) is 3.96. The summed E-state index contributed by atoms with van der Waals surface area (Å²) in [7, 11) is 0. The van der Waals surface area contributed by atoms with Gasteiger partial charge in [-0.05, 0) is 42.9 Å². The molecule has 5 heteroatoms. The first-order valence-electron chi connectivity index (χ1n) is 7.54. The predicted molar refractivity (Wildman–Crippen MR) is 78.1 cm³/mol. The van der Waals surface area contributed by atoms with Crippen LogP contribution in [0.4, 0.5) is 0 Å². The molecule has 2 aliphatic heterocycles. The third-order valence-electron chi connectivity index (χ3n) is 4.00. The maximum Gasteiger partial charge on any atom is 0.242 e. The van der Waals surface area contributed by atoms with Crippen LogP contribution in [0.5, 0.6) is 5.75 Å². The summed E-state index contributed by atoms with van der Waals surface area (Å²) in [6, 6.07) is 5.88. The van der Waals surface area contributed by atoms with Gasteiger partial charge in [-0.2, -0.15) is 0 Å². The van der Waals surface area contributed by atoms with Crippen LogP contribution >= 0.6 is 0 Å². The molecule has 1 aromatic carbocycles. The zero-order valence-electron chi connectivity index (χ0n) is 12.0. The van der Waals surface area contributed by atoms with Crippen molar-refractivity contribution in [3.05, 3.63) is 29.3 Å². The standard InChI is InChI=1S/C16H20N2O3/c19-15-6-4-13(18-15)16(20)17-8-7-11-3-5-14-12(10-11)2-1-9-21-14/h3,5,10,13H,1-2,4,6-9H2,(H,17,20)(H,18,19). The second-order valence-electron chi connectivity index (χ2n) is 5.59. The van der Waals surface area contributed by atoms with Crippen molar-refractivity contribution in [2.24, 2.45) is 0 Å². The lowest BCUT2D eigenvalue weighted by Gasteiger charge is -2.18. The Morgan fingerprint density at radius 2 is 2.29 bits per heavy atom. The van der Waals surface area contributed by atoms with E-state index >= 15 is 0 Å². The van der Waals surface area contributed by atoms with E-state index in [1.54, 1.807) is 0 Å². The van der Waals surface area contributed by atoms with Gasteiger partial charge in [0.1, 0.15) is 11.8 Å². The van der Waals surface area contributed by atoms with Crippen LogP contribution in [0.3, 0.4) is 0 Å². The summed E-state index contributed by atoms with van der Waals surface area (Å²) in [4.78, 5) is 23.0. The summed E-state index contributed by atoms with van der Waals surface area (Å²) in [6.45, 7) is 1.39. The van der Waals surface area contributed by atoms with Gasteiger partial charge in [0.05, 0.1) is 6.61 Å². The number of carbonyl (C=O) groups excluding carboxylic acids is 2. The Kier molecular flexibility index (Phi) is 4.08. The summed E-state index contributed by atoms with van der Waals surface area (Å²) in [5, 5.41) is 5.56. The zero-order chi connectivity index (χ0) is 14.7. The molecule has 2 amide bonds. The molecule has 0 aromatic heterocycles. The monoisotopic (exact) mass is 288 g/mol. The molecular formula is C16H20N2O3. The Balaban J connectivity index is 1.49. The average molecular weight is 288 g/mol. The molecule has 1 atom stereocenters. The van der Waals surface area contributed by atoms with Crippen molar-refractivity contribution in [3.63, 3.8) is 0 Å². The third-order valence-corrected chi connectivity index (χ3v) is 4.00. The molecule has 112 valence electrons. The predicted octanol–water partition coefficient (Wildman–Crippen LogP) is 0.949. The van der Waals surface area contributed by atoms with Gasteiger partial charge in [-0.15, -0.1) is 0 Å². The van der Waals surface area contributed by atoms with Crippen molar-refractivity contribution in [2.45, 2.75) is 38.1 Å². The number of benzene rings is 1. The van der Waals surface area contributed by atoms with Crippen molar-refractivity contribution in [1.29, 1.82) is 0 Å². The molecular weight excluding hydrogens is 268 g/mol. The van der Waals surface area contributed by atoms with E-state index in [1.165, 1.54) is 11.1 Å². The molecule has 0 radical (unpaired) electrons. The molecule has 0 aliphatic carbocycles. The smallest absolute Gasteiger partial charge is 0.242 e. The summed E-state index contributed by atoms with van der Waals surface area (Å²) in [5.41, 5.74) is 2.46. The van der Waals surface area contributed by atoms with Crippen LogP contribution in [0.15, 0.2) is 18.2 Å². The van der Waals surface area contributed by atoms with Crippen molar-refractivity contribution in [3.8, 4) is 5.75 Å². The SMILES string of the molecule is O=C1CCC(C(=O)NCCc2ccc3c(c2)CCCO3)N1. The molecule has 21 heavy (non-hydrogen) atoms. The first-order chi connectivity index (χ1) is 10.2. The summed E-state index contributed by atoms with van der Waals surface area (Å²) in [5.74, 6) is 0.870. The first kappa shape index (κ1) is 13.9. The van der Waals surface area contributed by atoms with Crippen LogP contribution in [-0.2, 0) is 22.4 Å². The van der Waals surface area contributed by atoms with Gasteiger partial charge in [0.2, 0.25) is 11.8 Å². The lowest BCUT2D eigenvalue weighted by Crippen LogP contribution is -2.42. The lowest BCUT2D eigenvalue weighted by molar-refractivity contribution is -0.125. The van der Waals surface area contributed by atoms with E-state index in [0.29, 0.717) is 19.4 Å². The molecule has 1 saturated heterocycles. The van der Waals surface area contributed by atoms with E-state index in [2.05, 4.69) is 16.7 Å². The maximum atomic E-state index is 11.9. The number of amides is 2. The first-order valence-corrected chi connectivity index (χ1v) is 7.54. The molecule has 0 bridgehead atoms. The highest BCUT2D eigenvalue weighted by atomic mass is 16.5. The Labute approximate surface area is 124 Å². The molecule has 0 spiro atoms. The molecule has 1 aromatic rings. The fourth-order valence-corrected chi connectivity index (χ4v) is 2.83. The molecule has 0 saturated carbocycles. The highest BCUT2D eigenvalue weighted by Gasteiger charge is 2.26. The number of carbonyl (C=O) groups is 2. The van der Waals surface area contributed by atoms with E-state index in [9.17, 15) is 9.59 Å². The minimum absolute atomic E-state index is 0.0372. The maximum absolute atomic E-state index is 11.9. The number of fused-ring (bicyclic) bond motifs is 1. The number of ether oxygens (including phenoxy) is 1. The van der Waals surface area contributed by atoms with Gasteiger partial charge in [0.15, 0.2) is 0 Å². The number of rotatable bonds is 4. The molecule has 2 N–H and O–H groups in total. The highest BCUT2D eigenvalue weighted by Crippen LogP contribution is 2.25. The largest absolute Gasteiger partial charge is 0.493 e. The zero-order valence-corrected chi connectivity index (χ0v) is 12.0. The number of hydrogen-bond acceptors (Lipinski definition) is 3. The quantitative estimate of drug-likeness (QED) is 0.867. The van der Waals surface area contributed by atoms with Gasteiger partial charge in [-0.25, -0.2) is 0 Å². The van der Waals surface area contributed by atoms with Crippen molar-refractivity contribution < 1.29 is 14.3 Å². The third kappa shape index (κ3) is 3.35. The Morgan fingerprint density at radius 3 is 3.10 bits per heavy atom. The van der Waals surface area contributed by atoms with Gasteiger partial charge < -0.3 is 15.4 Å². The normalized spacial score (nSPS) is 20.4. The van der Waals surface area contributed by atoms with Crippen LogP contribution in [0, 0.1) is 0 Å². The van der Waals surface area contributed by atoms with Gasteiger partial charge in [-0.1, -0.05) is 12.1 Å². The van der Waals surface area contributed by atoms with E-state index < -0.39 is 0 Å². The molecule has 1 fully saturated rings. The number of nitrogens with one attached hydrogen (secondary N) is 2. The van der Waals surface area contributed by atoms with E-state index in [-0.39, 0.29) is 17.9 Å². The second-order valence-corrected chi connectivity index (χ2v) is 5.59. The summed E-state index contributed by atoms with van der Waals surface area (Å²) >= 11 is 0. The Morgan fingerprint density at radius 1 is 1.38 bits per heavy atom. The van der Waals surface area contributed by atoms with Gasteiger partial charge in [-0.3, -0.25) is 9.59 Å². The summed E-state index contributed by atoms with van der Waals surface area (Å²) < 4.78 is 5.59. The van der Waals surface area contributed by atoms with Crippen LogP contribution in [0.25, 0.3) is 0 Å². The van der Waals surface area contributed by atoms with Crippen LogP contribution in [-0.4, -0.2) is 31.0 Å². The van der Waals surface area contributed by atoms with E-state index in [4.69, 9.17) is 4.74 Å². The van der Waals surface area contributed by atoms with Crippen molar-refractivity contribution >= 4 is 11.8 Å². The molecule has 3 rings (SSSR count). The van der Waals surface area contributed by atoms with Crippen molar-refractivity contribution in [1.82, 2.24) is 10.6 Å². The average Bonchev–Trinajstić information content (AvgIpc) is 2.94. The molecule has 5 nitrogen and oxygen atoms in total. The molecule has 2 aliphatic rings. The number of hydrogen-bond donors (Lipinski definition) is 2. The fraction of sp³-hybridized carbons (Fsp3) is 0.500. The van der Waals surface area contributed by atoms with Gasteiger partial charge in [0, 0.05) is 13.0 Å².